The third kappa shape index (κ3) is 7.14. The van der Waals surface area contributed by atoms with Gasteiger partial charge in [-0.3, -0.25) is 5.32 Å². The third-order valence-electron chi connectivity index (χ3n) is 5.81. The number of amides is 1. The van der Waals surface area contributed by atoms with Crippen LogP contribution in [-0.4, -0.2) is 28.4 Å². The van der Waals surface area contributed by atoms with E-state index >= 15 is 0 Å². The normalized spacial score (nSPS) is 12.7. The number of ether oxygens (including phenoxy) is 2. The predicted molar refractivity (Wildman–Crippen MR) is 149 cm³/mol. The van der Waals surface area contributed by atoms with Gasteiger partial charge in [-0.15, -0.1) is 0 Å². The summed E-state index contributed by atoms with van der Waals surface area (Å²) in [5.41, 5.74) is 1.20. The van der Waals surface area contributed by atoms with E-state index < -0.39 is 24.3 Å². The number of hydrogen-bond acceptors (Lipinski definition) is 5. The summed E-state index contributed by atoms with van der Waals surface area (Å²) in [7, 11) is 0. The van der Waals surface area contributed by atoms with Gasteiger partial charge in [-0.05, 0) is 60.7 Å². The maximum absolute atomic E-state index is 13.1. The van der Waals surface area contributed by atoms with Crippen LogP contribution in [0.2, 0.25) is 0 Å². The number of phenolic OH excluding ortho intramolecular Hbond substituents is 1. The second-order valence-corrected chi connectivity index (χ2v) is 9.38. The van der Waals surface area contributed by atoms with E-state index in [2.05, 4.69) is 21.2 Å². The molecular formula is C30H26BrNO6. The maximum Gasteiger partial charge on any atom is 0.412 e. The van der Waals surface area contributed by atoms with Gasteiger partial charge in [0.25, 0.3) is 0 Å². The van der Waals surface area contributed by atoms with Crippen molar-refractivity contribution in [1.82, 2.24) is 0 Å². The fourth-order valence-electron chi connectivity index (χ4n) is 4.08. The molecule has 0 aliphatic carbocycles. The van der Waals surface area contributed by atoms with Gasteiger partial charge in [0, 0.05) is 27.2 Å². The molecule has 0 saturated heterocycles. The Balaban J connectivity index is 1.72. The van der Waals surface area contributed by atoms with Crippen molar-refractivity contribution in [3.8, 4) is 11.5 Å². The van der Waals surface area contributed by atoms with E-state index in [4.69, 9.17) is 14.6 Å². The molecular weight excluding hydrogens is 550 g/mol. The Morgan fingerprint density at radius 2 is 1.58 bits per heavy atom. The van der Waals surface area contributed by atoms with E-state index in [9.17, 15) is 14.7 Å². The molecule has 3 N–H and O–H groups in total. The van der Waals surface area contributed by atoms with Gasteiger partial charge in [0.05, 0.1) is 0 Å². The van der Waals surface area contributed by atoms with E-state index in [0.717, 1.165) is 10.5 Å². The van der Waals surface area contributed by atoms with Gasteiger partial charge in [0.2, 0.25) is 0 Å². The number of carboxylic acids is 1. The van der Waals surface area contributed by atoms with Gasteiger partial charge in [-0.25, -0.2) is 9.59 Å². The van der Waals surface area contributed by atoms with Gasteiger partial charge in [-0.2, -0.15) is 0 Å². The largest absolute Gasteiger partial charge is 0.507 e. The first-order valence-electron chi connectivity index (χ1n) is 12.0. The fourth-order valence-corrected chi connectivity index (χ4v) is 4.35. The Labute approximate surface area is 228 Å². The number of benzene rings is 4. The molecule has 0 spiro atoms. The number of aliphatic carboxylic acids is 1. The average molecular weight is 576 g/mol. The average Bonchev–Trinajstić information content (AvgIpc) is 2.91. The van der Waals surface area contributed by atoms with Crippen molar-refractivity contribution >= 4 is 44.5 Å². The number of hydrogen-bond donors (Lipinski definition) is 3. The van der Waals surface area contributed by atoms with Gasteiger partial charge in [0.15, 0.2) is 6.10 Å². The lowest BCUT2D eigenvalue weighted by Crippen LogP contribution is -2.31. The number of nitrogens with one attached hydrogen (secondary N) is 1. The van der Waals surface area contributed by atoms with E-state index in [1.54, 1.807) is 54.6 Å². The molecule has 0 saturated carbocycles. The molecule has 0 aliphatic heterocycles. The van der Waals surface area contributed by atoms with Crippen LogP contribution in [0, 0.1) is 0 Å². The molecule has 4 rings (SSSR count). The molecule has 0 heterocycles. The van der Waals surface area contributed by atoms with Crippen LogP contribution in [0.5, 0.6) is 11.5 Å². The highest BCUT2D eigenvalue weighted by atomic mass is 79.9. The van der Waals surface area contributed by atoms with Crippen LogP contribution in [-0.2, 0) is 9.53 Å². The van der Waals surface area contributed by atoms with Crippen LogP contribution in [0.3, 0.4) is 0 Å². The number of phenols is 1. The zero-order chi connectivity index (χ0) is 26.9. The first-order valence-corrected chi connectivity index (χ1v) is 12.7. The molecule has 4 aromatic rings. The topological polar surface area (TPSA) is 105 Å². The van der Waals surface area contributed by atoms with Crippen molar-refractivity contribution in [2.75, 3.05) is 5.32 Å². The minimum atomic E-state index is -1.04. The quantitative estimate of drug-likeness (QED) is 0.169. The molecule has 0 aliphatic rings. The van der Waals surface area contributed by atoms with Gasteiger partial charge >= 0.3 is 12.1 Å². The van der Waals surface area contributed by atoms with Crippen LogP contribution in [0.1, 0.15) is 24.5 Å². The van der Waals surface area contributed by atoms with Crippen LogP contribution in [0.15, 0.2) is 108 Å². The number of carbonyl (C=O) groups excluding carboxylic acids is 1. The molecule has 4 aromatic carbocycles. The SMILES string of the molecule is O=C(O)/C=C/CC[C@@H](Oc1ccccc1)[C@H](OC(=O)Nc1ccc(Br)cc1)c1ccc(O)c2ccccc12. The van der Waals surface area contributed by atoms with E-state index in [-0.39, 0.29) is 5.75 Å². The minimum absolute atomic E-state index is 0.104. The number of para-hydroxylation sites is 1. The summed E-state index contributed by atoms with van der Waals surface area (Å²) < 4.78 is 13.2. The zero-order valence-corrected chi connectivity index (χ0v) is 21.9. The second-order valence-electron chi connectivity index (χ2n) is 8.46. The molecule has 0 radical (unpaired) electrons. The minimum Gasteiger partial charge on any atom is -0.507 e. The van der Waals surface area contributed by atoms with Crippen LogP contribution >= 0.6 is 15.9 Å². The Hall–Kier alpha value is -4.30. The van der Waals surface area contributed by atoms with E-state index in [1.807, 2.05) is 36.4 Å². The van der Waals surface area contributed by atoms with Crippen molar-refractivity contribution in [1.29, 1.82) is 0 Å². The summed E-state index contributed by atoms with van der Waals surface area (Å²) in [6, 6.07) is 26.8. The van der Waals surface area contributed by atoms with Crippen molar-refractivity contribution in [3.63, 3.8) is 0 Å². The zero-order valence-electron chi connectivity index (χ0n) is 20.3. The highest BCUT2D eigenvalue weighted by Crippen LogP contribution is 2.36. The van der Waals surface area contributed by atoms with E-state index in [0.29, 0.717) is 40.6 Å². The fraction of sp³-hybridized carbons (Fsp3) is 0.133. The Bertz CT molecular complexity index is 1420. The number of halogens is 1. The Kier molecular flexibility index (Phi) is 9.00. The predicted octanol–water partition coefficient (Wildman–Crippen LogP) is 7.47. The van der Waals surface area contributed by atoms with Crippen LogP contribution < -0.4 is 10.1 Å². The Morgan fingerprint density at radius 1 is 0.895 bits per heavy atom. The van der Waals surface area contributed by atoms with Crippen molar-refractivity contribution < 1.29 is 29.3 Å². The summed E-state index contributed by atoms with van der Waals surface area (Å²) in [6.07, 6.45) is 1.08. The van der Waals surface area contributed by atoms with Gasteiger partial charge < -0.3 is 19.7 Å². The van der Waals surface area contributed by atoms with Crippen molar-refractivity contribution in [2.24, 2.45) is 0 Å². The lowest BCUT2D eigenvalue weighted by molar-refractivity contribution is -0.131. The van der Waals surface area contributed by atoms with Crippen LogP contribution in [0.4, 0.5) is 10.5 Å². The summed E-state index contributed by atoms with van der Waals surface area (Å²) in [5.74, 6) is -0.367. The van der Waals surface area contributed by atoms with Crippen LogP contribution in [0.25, 0.3) is 10.8 Å². The highest BCUT2D eigenvalue weighted by molar-refractivity contribution is 9.10. The summed E-state index contributed by atoms with van der Waals surface area (Å²) in [4.78, 5) is 24.1. The molecule has 7 nitrogen and oxygen atoms in total. The number of fused-ring (bicyclic) bond motifs is 1. The smallest absolute Gasteiger partial charge is 0.412 e. The van der Waals surface area contributed by atoms with Crippen molar-refractivity contribution in [3.05, 3.63) is 113 Å². The third-order valence-corrected chi connectivity index (χ3v) is 6.34. The number of allylic oxidation sites excluding steroid dienone is 1. The molecule has 8 heteroatoms. The molecule has 0 aromatic heterocycles. The molecule has 1 amide bonds. The van der Waals surface area contributed by atoms with Gasteiger partial charge in [-0.1, -0.05) is 70.5 Å². The van der Waals surface area contributed by atoms with Crippen molar-refractivity contribution in [2.45, 2.75) is 25.0 Å². The summed E-state index contributed by atoms with van der Waals surface area (Å²) in [6.45, 7) is 0. The summed E-state index contributed by atoms with van der Waals surface area (Å²) in [5, 5.41) is 23.5. The molecule has 0 bridgehead atoms. The Morgan fingerprint density at radius 3 is 2.29 bits per heavy atom. The highest BCUT2D eigenvalue weighted by Gasteiger charge is 2.30. The lowest BCUT2D eigenvalue weighted by atomic mass is 9.94. The van der Waals surface area contributed by atoms with Gasteiger partial charge in [0.1, 0.15) is 17.6 Å². The number of anilines is 1. The standard InChI is InChI=1S/C30H26BrNO6/c31-20-14-16-21(17-15-20)32-30(36)38-29(25-18-19-26(33)24-11-5-4-10-23(24)25)27(12-6-7-13-28(34)35)37-22-8-2-1-3-9-22/h1-5,7-11,13-19,27,29,33H,6,12H2,(H,32,36)(H,34,35)/b13-7+/t27-,29-/m1/s1. The molecule has 0 unspecified atom stereocenters. The molecule has 38 heavy (non-hydrogen) atoms. The lowest BCUT2D eigenvalue weighted by Gasteiger charge is -2.29. The molecule has 0 fully saturated rings. The first-order chi connectivity index (χ1) is 18.4. The number of carboxylic acid groups (broad SMARTS) is 1. The first kappa shape index (κ1) is 26.8. The monoisotopic (exact) mass is 575 g/mol. The number of rotatable bonds is 10. The summed E-state index contributed by atoms with van der Waals surface area (Å²) >= 11 is 3.38. The second kappa shape index (κ2) is 12.8. The number of aromatic hydroxyl groups is 1. The molecule has 2 atom stereocenters. The molecule has 194 valence electrons. The number of carbonyl (C=O) groups is 2. The maximum atomic E-state index is 13.1. The van der Waals surface area contributed by atoms with E-state index in [1.165, 1.54) is 6.08 Å².